The minimum atomic E-state index is -1.01. The summed E-state index contributed by atoms with van der Waals surface area (Å²) in [7, 11) is 0. The normalized spacial score (nSPS) is 16.8. The van der Waals surface area contributed by atoms with Gasteiger partial charge in [0.05, 0.1) is 4.92 Å². The minimum absolute atomic E-state index is 0.0427. The molecule has 0 atom stereocenters. The van der Waals surface area contributed by atoms with Gasteiger partial charge in [-0.1, -0.05) is 19.3 Å². The van der Waals surface area contributed by atoms with E-state index in [1.807, 2.05) is 0 Å². The molecule has 1 aromatic carbocycles. The summed E-state index contributed by atoms with van der Waals surface area (Å²) in [5.74, 6) is -0.960. The van der Waals surface area contributed by atoms with Gasteiger partial charge in [0.15, 0.2) is 0 Å². The lowest BCUT2D eigenvalue weighted by Crippen LogP contribution is -2.58. The molecular weight excluding hydrogens is 286 g/mol. The molecule has 0 bridgehead atoms. The molecule has 1 fully saturated rings. The summed E-state index contributed by atoms with van der Waals surface area (Å²) in [5, 5.41) is 13.5. The van der Waals surface area contributed by atoms with E-state index < -0.39 is 22.3 Å². The lowest BCUT2D eigenvalue weighted by Gasteiger charge is -2.35. The maximum Gasteiger partial charge on any atom is 0.272 e. The summed E-state index contributed by atoms with van der Waals surface area (Å²) in [6, 6.07) is 4.13. The molecule has 1 aliphatic rings. The van der Waals surface area contributed by atoms with E-state index in [1.165, 1.54) is 18.2 Å². The first-order valence-electron chi connectivity index (χ1n) is 7.23. The maximum atomic E-state index is 12.4. The average Bonchev–Trinajstić information content (AvgIpc) is 2.47. The first-order valence-corrected chi connectivity index (χ1v) is 7.23. The highest BCUT2D eigenvalue weighted by Crippen LogP contribution is 2.28. The Balaban J connectivity index is 2.22. The zero-order valence-corrected chi connectivity index (χ0v) is 12.4. The molecule has 0 unspecified atom stereocenters. The molecule has 0 aromatic heterocycles. The number of aryl methyl sites for hydroxylation is 1. The fourth-order valence-electron chi connectivity index (χ4n) is 2.88. The van der Waals surface area contributed by atoms with Crippen LogP contribution in [0.25, 0.3) is 0 Å². The van der Waals surface area contributed by atoms with Gasteiger partial charge in [-0.2, -0.15) is 0 Å². The van der Waals surface area contributed by atoms with Crippen LogP contribution >= 0.6 is 0 Å². The first-order chi connectivity index (χ1) is 10.4. The number of carbonyl (C=O) groups excluding carboxylic acids is 2. The number of nitro groups is 1. The van der Waals surface area contributed by atoms with Crippen LogP contribution in [0.5, 0.6) is 0 Å². The number of nitrogens with zero attached hydrogens (tertiary/aromatic N) is 1. The number of hydrogen-bond acceptors (Lipinski definition) is 4. The van der Waals surface area contributed by atoms with Gasteiger partial charge in [0.1, 0.15) is 5.54 Å². The standard InChI is InChI=1S/C15H19N3O4/c1-10-9-11(5-6-12(10)18(21)22)13(19)17-15(14(16)20)7-3-2-4-8-15/h5-6,9H,2-4,7-8H2,1H3,(H2,16,20)(H,17,19). The van der Waals surface area contributed by atoms with E-state index in [9.17, 15) is 19.7 Å². The molecule has 0 spiro atoms. The predicted octanol–water partition coefficient (Wildman–Crippen LogP) is 1.82. The van der Waals surface area contributed by atoms with Crippen molar-refractivity contribution in [3.05, 3.63) is 39.4 Å². The summed E-state index contributed by atoms with van der Waals surface area (Å²) < 4.78 is 0. The molecule has 0 saturated heterocycles. The molecule has 7 nitrogen and oxygen atoms in total. The average molecular weight is 305 g/mol. The second-order valence-electron chi connectivity index (χ2n) is 5.72. The van der Waals surface area contributed by atoms with E-state index in [-0.39, 0.29) is 11.3 Å². The molecule has 0 radical (unpaired) electrons. The van der Waals surface area contributed by atoms with Crippen molar-refractivity contribution in [2.45, 2.75) is 44.6 Å². The molecule has 1 aromatic rings. The van der Waals surface area contributed by atoms with Gasteiger partial charge in [-0.3, -0.25) is 19.7 Å². The highest BCUT2D eigenvalue weighted by atomic mass is 16.6. The van der Waals surface area contributed by atoms with Crippen LogP contribution in [0, 0.1) is 17.0 Å². The largest absolute Gasteiger partial charge is 0.368 e. The predicted molar refractivity (Wildman–Crippen MR) is 80.3 cm³/mol. The minimum Gasteiger partial charge on any atom is -0.368 e. The third-order valence-electron chi connectivity index (χ3n) is 4.19. The van der Waals surface area contributed by atoms with Crippen LogP contribution in [0.2, 0.25) is 0 Å². The van der Waals surface area contributed by atoms with E-state index in [0.717, 1.165) is 19.3 Å². The van der Waals surface area contributed by atoms with Gasteiger partial charge >= 0.3 is 0 Å². The molecular formula is C15H19N3O4. The summed E-state index contributed by atoms with van der Waals surface area (Å²) in [5.41, 5.74) is 5.11. The molecule has 2 rings (SSSR count). The van der Waals surface area contributed by atoms with E-state index in [2.05, 4.69) is 5.32 Å². The van der Waals surface area contributed by atoms with Gasteiger partial charge in [-0.05, 0) is 31.9 Å². The molecule has 7 heteroatoms. The molecule has 1 saturated carbocycles. The van der Waals surface area contributed by atoms with Crippen molar-refractivity contribution >= 4 is 17.5 Å². The molecule has 118 valence electrons. The number of hydrogen-bond donors (Lipinski definition) is 2. The van der Waals surface area contributed by atoms with Crippen LogP contribution in [0.1, 0.15) is 48.0 Å². The quantitative estimate of drug-likeness (QED) is 0.652. The van der Waals surface area contributed by atoms with Crippen LogP contribution in [0.15, 0.2) is 18.2 Å². The first kappa shape index (κ1) is 15.9. The second-order valence-corrected chi connectivity index (χ2v) is 5.72. The van der Waals surface area contributed by atoms with E-state index in [0.29, 0.717) is 18.4 Å². The van der Waals surface area contributed by atoms with Crippen LogP contribution in [0.3, 0.4) is 0 Å². The summed E-state index contributed by atoms with van der Waals surface area (Å²) in [6.45, 7) is 1.57. The topological polar surface area (TPSA) is 115 Å². The van der Waals surface area contributed by atoms with E-state index >= 15 is 0 Å². The summed E-state index contributed by atoms with van der Waals surface area (Å²) in [4.78, 5) is 34.4. The van der Waals surface area contributed by atoms with Gasteiger partial charge in [-0.15, -0.1) is 0 Å². The molecule has 22 heavy (non-hydrogen) atoms. The van der Waals surface area contributed by atoms with Crippen molar-refractivity contribution in [3.63, 3.8) is 0 Å². The van der Waals surface area contributed by atoms with Crippen LogP contribution in [-0.2, 0) is 4.79 Å². The second kappa shape index (κ2) is 6.13. The highest BCUT2D eigenvalue weighted by molar-refractivity contribution is 5.99. The number of amides is 2. The fraction of sp³-hybridized carbons (Fsp3) is 0.467. The summed E-state index contributed by atoms with van der Waals surface area (Å²) >= 11 is 0. The lowest BCUT2D eigenvalue weighted by molar-refractivity contribution is -0.385. The maximum absolute atomic E-state index is 12.4. The summed E-state index contributed by atoms with van der Waals surface area (Å²) in [6.07, 6.45) is 3.74. The number of nitrogens with two attached hydrogens (primary N) is 1. The third kappa shape index (κ3) is 3.08. The van der Waals surface area contributed by atoms with Crippen molar-refractivity contribution in [2.24, 2.45) is 5.73 Å². The van der Waals surface area contributed by atoms with Crippen LogP contribution in [0.4, 0.5) is 5.69 Å². The Morgan fingerprint density at radius 2 is 1.91 bits per heavy atom. The Kier molecular flexibility index (Phi) is 4.44. The van der Waals surface area contributed by atoms with Crippen molar-refractivity contribution in [1.29, 1.82) is 0 Å². The third-order valence-corrected chi connectivity index (χ3v) is 4.19. The molecule has 1 aliphatic carbocycles. The lowest BCUT2D eigenvalue weighted by atomic mass is 9.81. The molecule has 2 amide bonds. The van der Waals surface area contributed by atoms with Crippen molar-refractivity contribution in [2.75, 3.05) is 0 Å². The Labute approximate surface area is 128 Å². The van der Waals surface area contributed by atoms with Gasteiger partial charge in [-0.25, -0.2) is 0 Å². The monoisotopic (exact) mass is 305 g/mol. The Hall–Kier alpha value is -2.44. The van der Waals surface area contributed by atoms with Gasteiger partial charge < -0.3 is 11.1 Å². The number of primary amides is 1. The Bertz CT molecular complexity index is 621. The zero-order chi connectivity index (χ0) is 16.3. The highest BCUT2D eigenvalue weighted by Gasteiger charge is 2.39. The molecule has 3 N–H and O–H groups in total. The van der Waals surface area contributed by atoms with E-state index in [1.54, 1.807) is 6.92 Å². The number of benzene rings is 1. The van der Waals surface area contributed by atoms with Crippen LogP contribution in [-0.4, -0.2) is 22.3 Å². The van der Waals surface area contributed by atoms with Crippen LogP contribution < -0.4 is 11.1 Å². The number of carbonyl (C=O) groups is 2. The van der Waals surface area contributed by atoms with Crippen molar-refractivity contribution in [1.82, 2.24) is 5.32 Å². The molecule has 0 heterocycles. The Morgan fingerprint density at radius 1 is 1.27 bits per heavy atom. The molecule has 0 aliphatic heterocycles. The zero-order valence-electron chi connectivity index (χ0n) is 12.4. The number of nitro benzene ring substituents is 1. The number of rotatable bonds is 4. The van der Waals surface area contributed by atoms with Gasteiger partial charge in [0.2, 0.25) is 5.91 Å². The van der Waals surface area contributed by atoms with Crippen molar-refractivity contribution < 1.29 is 14.5 Å². The fourth-order valence-corrected chi connectivity index (χ4v) is 2.88. The Morgan fingerprint density at radius 3 is 2.41 bits per heavy atom. The van der Waals surface area contributed by atoms with Gasteiger partial charge in [0.25, 0.3) is 11.6 Å². The SMILES string of the molecule is Cc1cc(C(=O)NC2(C(N)=O)CCCCC2)ccc1[N+](=O)[O-]. The van der Waals surface area contributed by atoms with Gasteiger partial charge in [0, 0.05) is 17.2 Å². The smallest absolute Gasteiger partial charge is 0.272 e. The van der Waals surface area contributed by atoms with Crippen molar-refractivity contribution in [3.8, 4) is 0 Å². The number of nitrogens with one attached hydrogen (secondary N) is 1. The van der Waals surface area contributed by atoms with E-state index in [4.69, 9.17) is 5.73 Å².